The van der Waals surface area contributed by atoms with Gasteiger partial charge in [0, 0.05) is 12.0 Å². The van der Waals surface area contributed by atoms with Crippen LogP contribution in [0.1, 0.15) is 23.3 Å². The van der Waals surface area contributed by atoms with Crippen LogP contribution >= 0.6 is 0 Å². The summed E-state index contributed by atoms with van der Waals surface area (Å²) in [6.45, 7) is 2.01. The highest BCUT2D eigenvalue weighted by atomic mass is 16.3. The summed E-state index contributed by atoms with van der Waals surface area (Å²) in [6.07, 6.45) is 2.65. The molecule has 0 fully saturated rings. The van der Waals surface area contributed by atoms with E-state index in [1.54, 1.807) is 0 Å². The summed E-state index contributed by atoms with van der Waals surface area (Å²) in [5, 5.41) is 0. The van der Waals surface area contributed by atoms with Gasteiger partial charge in [0.15, 0.2) is 0 Å². The van der Waals surface area contributed by atoms with Gasteiger partial charge in [-0.05, 0) is 31.9 Å². The summed E-state index contributed by atoms with van der Waals surface area (Å²) in [6, 6.07) is 7.85. The Bertz CT molecular complexity index is 628. The highest BCUT2D eigenvalue weighted by molar-refractivity contribution is 5.54. The van der Waals surface area contributed by atoms with Crippen LogP contribution in [-0.4, -0.2) is 4.98 Å². The second kappa shape index (κ2) is 3.84. The largest absolute Gasteiger partial charge is 0.442 e. The molecule has 0 amide bonds. The minimum Gasteiger partial charge on any atom is -0.442 e. The van der Waals surface area contributed by atoms with Gasteiger partial charge in [0.05, 0.1) is 5.56 Å². The molecule has 3 nitrogen and oxygen atoms in total. The Labute approximate surface area is 99.1 Å². The zero-order valence-electron chi connectivity index (χ0n) is 9.69. The molecule has 0 saturated carbocycles. The topological polar surface area (TPSA) is 43.1 Å². The van der Waals surface area contributed by atoms with Crippen molar-refractivity contribution in [3.05, 3.63) is 51.5 Å². The lowest BCUT2D eigenvalue weighted by atomic mass is 10.1. The lowest BCUT2D eigenvalue weighted by Gasteiger charge is -2.03. The molecular formula is C14H13NO2. The van der Waals surface area contributed by atoms with Gasteiger partial charge in [-0.3, -0.25) is 4.79 Å². The van der Waals surface area contributed by atoms with E-state index in [1.807, 2.05) is 31.2 Å². The van der Waals surface area contributed by atoms with Gasteiger partial charge >= 0.3 is 0 Å². The van der Waals surface area contributed by atoms with E-state index in [9.17, 15) is 4.79 Å². The van der Waals surface area contributed by atoms with Crippen LogP contribution < -0.4 is 5.56 Å². The average Bonchev–Trinajstić information content (AvgIpc) is 2.77. The van der Waals surface area contributed by atoms with Crippen LogP contribution in [0.25, 0.3) is 11.5 Å². The zero-order valence-corrected chi connectivity index (χ0v) is 9.69. The second-order valence-electron chi connectivity index (χ2n) is 4.45. The summed E-state index contributed by atoms with van der Waals surface area (Å²) in [5.41, 5.74) is 2.64. The maximum atomic E-state index is 11.8. The number of aromatic nitrogens is 1. The van der Waals surface area contributed by atoms with Crippen molar-refractivity contribution < 1.29 is 4.42 Å². The Morgan fingerprint density at radius 1 is 1.29 bits per heavy atom. The van der Waals surface area contributed by atoms with Crippen molar-refractivity contribution >= 4 is 0 Å². The standard InChI is InChI=1S/C14H13NO2/c1-9-4-2-5-10(8-9)14-15-13(16)11-6-3-7-12(11)17-14/h2,4-5,8H,3,6-7H2,1H3. The van der Waals surface area contributed by atoms with Gasteiger partial charge in [0.25, 0.3) is 5.56 Å². The minimum atomic E-state index is -0.125. The fourth-order valence-electron chi connectivity index (χ4n) is 2.26. The van der Waals surface area contributed by atoms with Crippen LogP contribution in [-0.2, 0) is 12.8 Å². The van der Waals surface area contributed by atoms with Crippen LogP contribution in [0.4, 0.5) is 0 Å². The Kier molecular flexibility index (Phi) is 2.32. The molecular weight excluding hydrogens is 214 g/mol. The molecule has 0 saturated heterocycles. The van der Waals surface area contributed by atoms with Crippen molar-refractivity contribution in [3.63, 3.8) is 0 Å². The Morgan fingerprint density at radius 3 is 3.00 bits per heavy atom. The second-order valence-corrected chi connectivity index (χ2v) is 4.45. The van der Waals surface area contributed by atoms with E-state index in [0.717, 1.165) is 41.7 Å². The summed E-state index contributed by atoms with van der Waals surface area (Å²) in [5.74, 6) is 1.26. The van der Waals surface area contributed by atoms with E-state index in [4.69, 9.17) is 4.42 Å². The summed E-state index contributed by atoms with van der Waals surface area (Å²) in [4.78, 5) is 15.9. The molecule has 2 aromatic rings. The van der Waals surface area contributed by atoms with Crippen LogP contribution in [0.3, 0.4) is 0 Å². The van der Waals surface area contributed by atoms with Crippen molar-refractivity contribution in [2.24, 2.45) is 0 Å². The summed E-state index contributed by atoms with van der Waals surface area (Å²) in [7, 11) is 0. The lowest BCUT2D eigenvalue weighted by molar-refractivity contribution is 0.494. The van der Waals surface area contributed by atoms with Crippen molar-refractivity contribution in [2.75, 3.05) is 0 Å². The molecule has 1 aromatic heterocycles. The van der Waals surface area contributed by atoms with E-state index in [-0.39, 0.29) is 5.56 Å². The molecule has 3 rings (SSSR count). The minimum absolute atomic E-state index is 0.125. The third kappa shape index (κ3) is 1.78. The summed E-state index contributed by atoms with van der Waals surface area (Å²) < 4.78 is 5.73. The van der Waals surface area contributed by atoms with Crippen LogP contribution in [0, 0.1) is 6.92 Å². The number of hydrogen-bond donors (Lipinski definition) is 0. The average molecular weight is 227 g/mol. The number of rotatable bonds is 1. The smallest absolute Gasteiger partial charge is 0.279 e. The molecule has 1 aromatic carbocycles. The van der Waals surface area contributed by atoms with Gasteiger partial charge in [0.1, 0.15) is 5.76 Å². The van der Waals surface area contributed by atoms with Crippen molar-refractivity contribution in [1.82, 2.24) is 4.98 Å². The van der Waals surface area contributed by atoms with Crippen molar-refractivity contribution in [1.29, 1.82) is 0 Å². The zero-order chi connectivity index (χ0) is 11.8. The van der Waals surface area contributed by atoms with Gasteiger partial charge < -0.3 is 4.42 Å². The van der Waals surface area contributed by atoms with E-state index in [1.165, 1.54) is 0 Å². The number of hydrogen-bond acceptors (Lipinski definition) is 3. The van der Waals surface area contributed by atoms with Gasteiger partial charge in [-0.1, -0.05) is 17.7 Å². The number of benzene rings is 1. The monoisotopic (exact) mass is 227 g/mol. The molecule has 1 aliphatic carbocycles. The third-order valence-corrected chi connectivity index (χ3v) is 3.11. The molecule has 0 spiro atoms. The van der Waals surface area contributed by atoms with Crippen LogP contribution in [0.5, 0.6) is 0 Å². The van der Waals surface area contributed by atoms with Gasteiger partial charge in [0.2, 0.25) is 5.89 Å². The van der Waals surface area contributed by atoms with E-state index >= 15 is 0 Å². The molecule has 0 radical (unpaired) electrons. The predicted octanol–water partition coefficient (Wildman–Crippen LogP) is 2.50. The first kappa shape index (κ1) is 10.3. The lowest BCUT2D eigenvalue weighted by Crippen LogP contribution is -2.12. The number of fused-ring (bicyclic) bond motifs is 1. The number of aryl methyl sites for hydroxylation is 2. The first-order valence-electron chi connectivity index (χ1n) is 5.84. The molecule has 3 heteroatoms. The molecule has 86 valence electrons. The Hall–Kier alpha value is -1.90. The van der Waals surface area contributed by atoms with E-state index in [0.29, 0.717) is 5.89 Å². The fourth-order valence-corrected chi connectivity index (χ4v) is 2.26. The van der Waals surface area contributed by atoms with E-state index < -0.39 is 0 Å². The molecule has 0 bridgehead atoms. The molecule has 0 N–H and O–H groups in total. The molecule has 0 aliphatic heterocycles. The van der Waals surface area contributed by atoms with Crippen molar-refractivity contribution in [2.45, 2.75) is 26.2 Å². The normalized spacial score (nSPS) is 13.7. The Balaban J connectivity index is 2.16. The van der Waals surface area contributed by atoms with Crippen LogP contribution in [0.15, 0.2) is 33.5 Å². The SMILES string of the molecule is Cc1cccc(-c2nc(=O)c3c(o2)CCC3)c1. The molecule has 0 unspecified atom stereocenters. The Morgan fingerprint density at radius 2 is 2.18 bits per heavy atom. The first-order chi connectivity index (χ1) is 8.24. The fraction of sp³-hybridized carbons (Fsp3) is 0.286. The quantitative estimate of drug-likeness (QED) is 0.751. The van der Waals surface area contributed by atoms with Crippen molar-refractivity contribution in [3.8, 4) is 11.5 Å². The highest BCUT2D eigenvalue weighted by Crippen LogP contribution is 2.23. The highest BCUT2D eigenvalue weighted by Gasteiger charge is 2.19. The van der Waals surface area contributed by atoms with Gasteiger partial charge in [-0.15, -0.1) is 0 Å². The maximum Gasteiger partial charge on any atom is 0.279 e. The van der Waals surface area contributed by atoms with Crippen LogP contribution in [0.2, 0.25) is 0 Å². The molecule has 17 heavy (non-hydrogen) atoms. The molecule has 1 aliphatic rings. The third-order valence-electron chi connectivity index (χ3n) is 3.11. The number of nitrogens with zero attached hydrogens (tertiary/aromatic N) is 1. The first-order valence-corrected chi connectivity index (χ1v) is 5.84. The molecule has 1 heterocycles. The maximum absolute atomic E-state index is 11.8. The van der Waals surface area contributed by atoms with Gasteiger partial charge in [-0.25, -0.2) is 0 Å². The molecule has 0 atom stereocenters. The predicted molar refractivity (Wildman–Crippen MR) is 65.0 cm³/mol. The van der Waals surface area contributed by atoms with Gasteiger partial charge in [-0.2, -0.15) is 4.98 Å². The summed E-state index contributed by atoms with van der Waals surface area (Å²) >= 11 is 0. The van der Waals surface area contributed by atoms with E-state index in [2.05, 4.69) is 4.98 Å².